The molecule has 0 saturated carbocycles. The van der Waals surface area contributed by atoms with E-state index in [1.165, 1.54) is 6.07 Å². The Bertz CT molecular complexity index is 686. The normalized spacial score (nSPS) is 30.9. The number of nitrogens with zero attached hydrogens (tertiary/aromatic N) is 2. The van der Waals surface area contributed by atoms with Crippen molar-refractivity contribution in [2.24, 2.45) is 0 Å². The number of halogens is 2. The highest BCUT2D eigenvalue weighted by Gasteiger charge is 2.56. The molecule has 1 saturated heterocycles. The SMILES string of the molecule is Cc1cc(N)nc(=O)n1[C@@H]1O[C@H](CO)[C@H](O)C1(Cl)C#CCF. The highest BCUT2D eigenvalue weighted by atomic mass is 35.5. The zero-order valence-electron chi connectivity index (χ0n) is 11.7. The second-order valence-corrected chi connectivity index (χ2v) is 5.46. The molecular formula is C13H15ClFN3O4. The molecule has 22 heavy (non-hydrogen) atoms. The maximum Gasteiger partial charge on any atom is 0.351 e. The lowest BCUT2D eigenvalue weighted by Gasteiger charge is -2.26. The van der Waals surface area contributed by atoms with Crippen molar-refractivity contribution in [2.45, 2.75) is 30.2 Å². The Kier molecular flexibility index (Phi) is 4.72. The monoisotopic (exact) mass is 331 g/mol. The zero-order valence-corrected chi connectivity index (χ0v) is 12.4. The summed E-state index contributed by atoms with van der Waals surface area (Å²) in [7, 11) is 0. The quantitative estimate of drug-likeness (QED) is 0.490. The van der Waals surface area contributed by atoms with Gasteiger partial charge in [0.2, 0.25) is 0 Å². The van der Waals surface area contributed by atoms with Crippen molar-refractivity contribution in [1.29, 1.82) is 0 Å². The van der Waals surface area contributed by atoms with Crippen LogP contribution >= 0.6 is 11.6 Å². The lowest BCUT2D eigenvalue weighted by molar-refractivity contribution is -0.0470. The molecule has 9 heteroatoms. The summed E-state index contributed by atoms with van der Waals surface area (Å²) < 4.78 is 18.9. The molecule has 4 atom stereocenters. The number of aliphatic hydroxyl groups is 2. The Hall–Kier alpha value is -1.66. The summed E-state index contributed by atoms with van der Waals surface area (Å²) in [4.78, 5) is 13.9. The summed E-state index contributed by atoms with van der Waals surface area (Å²) in [6.07, 6.45) is -3.74. The molecule has 0 aliphatic carbocycles. The minimum atomic E-state index is -1.80. The average Bonchev–Trinajstić information content (AvgIpc) is 2.69. The van der Waals surface area contributed by atoms with E-state index < -0.39 is 42.3 Å². The minimum Gasteiger partial charge on any atom is -0.394 e. The highest BCUT2D eigenvalue weighted by Crippen LogP contribution is 2.43. The molecule has 0 bridgehead atoms. The van der Waals surface area contributed by atoms with Crippen LogP contribution in [0.25, 0.3) is 0 Å². The number of nitrogens with two attached hydrogens (primary N) is 1. The lowest BCUT2D eigenvalue weighted by atomic mass is 9.99. The Balaban J connectivity index is 2.59. The fraction of sp³-hybridized carbons (Fsp3) is 0.538. The smallest absolute Gasteiger partial charge is 0.351 e. The molecule has 120 valence electrons. The Labute approximate surface area is 130 Å². The van der Waals surface area contributed by atoms with E-state index >= 15 is 0 Å². The Morgan fingerprint density at radius 1 is 1.68 bits per heavy atom. The molecule has 1 aromatic rings. The van der Waals surface area contributed by atoms with Crippen molar-refractivity contribution < 1.29 is 19.3 Å². The van der Waals surface area contributed by atoms with Crippen LogP contribution in [0.15, 0.2) is 10.9 Å². The van der Waals surface area contributed by atoms with Gasteiger partial charge in [0, 0.05) is 5.69 Å². The number of anilines is 1. The first-order chi connectivity index (χ1) is 10.3. The van der Waals surface area contributed by atoms with Crippen molar-refractivity contribution in [3.63, 3.8) is 0 Å². The molecule has 7 nitrogen and oxygen atoms in total. The number of alkyl halides is 2. The van der Waals surface area contributed by atoms with E-state index in [0.29, 0.717) is 5.69 Å². The molecular weight excluding hydrogens is 317 g/mol. The molecule has 1 aromatic heterocycles. The van der Waals surface area contributed by atoms with E-state index in [0.717, 1.165) is 4.57 Å². The number of aromatic nitrogens is 2. The van der Waals surface area contributed by atoms with Gasteiger partial charge in [-0.25, -0.2) is 9.18 Å². The number of hydrogen-bond donors (Lipinski definition) is 3. The van der Waals surface area contributed by atoms with E-state index in [1.54, 1.807) is 6.92 Å². The summed E-state index contributed by atoms with van der Waals surface area (Å²) in [5.41, 5.74) is 5.12. The molecule has 1 unspecified atom stereocenters. The summed E-state index contributed by atoms with van der Waals surface area (Å²) in [5, 5.41) is 19.5. The average molecular weight is 332 g/mol. The van der Waals surface area contributed by atoms with Crippen LogP contribution in [-0.2, 0) is 4.74 Å². The van der Waals surface area contributed by atoms with Gasteiger partial charge in [0.25, 0.3) is 0 Å². The molecule has 0 aromatic carbocycles. The predicted molar refractivity (Wildman–Crippen MR) is 77.0 cm³/mol. The van der Waals surface area contributed by atoms with Gasteiger partial charge in [-0.15, -0.1) is 0 Å². The predicted octanol–water partition coefficient (Wildman–Crippen LogP) is -0.665. The fourth-order valence-corrected chi connectivity index (χ4v) is 2.72. The van der Waals surface area contributed by atoms with E-state index in [2.05, 4.69) is 16.8 Å². The van der Waals surface area contributed by atoms with Gasteiger partial charge in [-0.1, -0.05) is 23.4 Å². The largest absolute Gasteiger partial charge is 0.394 e. The van der Waals surface area contributed by atoms with Crippen molar-refractivity contribution >= 4 is 17.4 Å². The van der Waals surface area contributed by atoms with E-state index in [-0.39, 0.29) is 5.82 Å². The third kappa shape index (κ3) is 2.68. The number of aliphatic hydroxyl groups excluding tert-OH is 2. The molecule has 2 rings (SSSR count). The molecule has 1 fully saturated rings. The Morgan fingerprint density at radius 3 is 2.91 bits per heavy atom. The van der Waals surface area contributed by atoms with Crippen LogP contribution in [0.3, 0.4) is 0 Å². The molecule has 1 aliphatic rings. The number of rotatable bonds is 2. The molecule has 4 N–H and O–H groups in total. The minimum absolute atomic E-state index is 0.0195. The second-order valence-electron chi connectivity index (χ2n) is 4.83. The maximum atomic E-state index is 12.4. The third-order valence-corrected chi connectivity index (χ3v) is 3.88. The van der Waals surface area contributed by atoms with Gasteiger partial charge in [0.15, 0.2) is 11.1 Å². The van der Waals surface area contributed by atoms with Gasteiger partial charge < -0.3 is 20.7 Å². The molecule has 0 amide bonds. The number of ether oxygens (including phenoxy) is 1. The number of aryl methyl sites for hydroxylation is 1. The topological polar surface area (TPSA) is 111 Å². The van der Waals surface area contributed by atoms with Crippen LogP contribution < -0.4 is 11.4 Å². The standard InChI is InChI=1S/C13H15ClFN3O4/c1-7-5-9(16)17-12(21)18(7)11-13(14,3-2-4-15)10(20)8(6-19)22-11/h5,8,10-11,19-20H,4,6H2,1H3,(H2,16,17,21)/t8-,10+,11-,13?/m1/s1. The summed E-state index contributed by atoms with van der Waals surface area (Å²) in [6.45, 7) is 0.0482. The highest BCUT2D eigenvalue weighted by molar-refractivity contribution is 6.27. The fourth-order valence-electron chi connectivity index (χ4n) is 2.37. The third-order valence-electron chi connectivity index (χ3n) is 3.37. The summed E-state index contributed by atoms with van der Waals surface area (Å²) >= 11 is 6.31. The zero-order chi connectivity index (χ0) is 16.5. The van der Waals surface area contributed by atoms with Crippen LogP contribution in [0.4, 0.5) is 10.2 Å². The molecule has 2 heterocycles. The van der Waals surface area contributed by atoms with E-state index in [4.69, 9.17) is 22.1 Å². The van der Waals surface area contributed by atoms with Crippen LogP contribution in [0.1, 0.15) is 11.9 Å². The van der Waals surface area contributed by atoms with Gasteiger partial charge >= 0.3 is 5.69 Å². The van der Waals surface area contributed by atoms with Crippen molar-refractivity contribution in [1.82, 2.24) is 9.55 Å². The van der Waals surface area contributed by atoms with E-state index in [1.807, 2.05) is 0 Å². The van der Waals surface area contributed by atoms with Gasteiger partial charge in [0.05, 0.1) is 6.61 Å². The first-order valence-corrected chi connectivity index (χ1v) is 6.78. The second kappa shape index (κ2) is 6.22. The van der Waals surface area contributed by atoms with Crippen LogP contribution in [-0.4, -0.2) is 50.1 Å². The molecule has 1 aliphatic heterocycles. The molecule has 0 radical (unpaired) electrons. The van der Waals surface area contributed by atoms with Crippen molar-refractivity contribution in [3.05, 3.63) is 22.2 Å². The van der Waals surface area contributed by atoms with Gasteiger partial charge in [-0.05, 0) is 13.0 Å². The Morgan fingerprint density at radius 2 is 2.36 bits per heavy atom. The van der Waals surface area contributed by atoms with Gasteiger partial charge in [-0.2, -0.15) is 4.98 Å². The lowest BCUT2D eigenvalue weighted by Crippen LogP contribution is -2.44. The first kappa shape index (κ1) is 16.7. The van der Waals surface area contributed by atoms with Crippen molar-refractivity contribution in [2.75, 3.05) is 19.0 Å². The van der Waals surface area contributed by atoms with Gasteiger partial charge in [0.1, 0.15) is 24.7 Å². The number of nitrogen functional groups attached to an aromatic ring is 1. The maximum absolute atomic E-state index is 12.4. The van der Waals surface area contributed by atoms with Crippen LogP contribution in [0.2, 0.25) is 0 Å². The molecule has 0 spiro atoms. The van der Waals surface area contributed by atoms with Crippen LogP contribution in [0.5, 0.6) is 0 Å². The van der Waals surface area contributed by atoms with Gasteiger partial charge in [-0.3, -0.25) is 4.57 Å². The number of hydrogen-bond acceptors (Lipinski definition) is 6. The van der Waals surface area contributed by atoms with Crippen molar-refractivity contribution in [3.8, 4) is 11.8 Å². The van der Waals surface area contributed by atoms with Crippen LogP contribution in [0, 0.1) is 18.8 Å². The summed E-state index contributed by atoms with van der Waals surface area (Å²) in [5.74, 6) is 4.52. The van der Waals surface area contributed by atoms with E-state index in [9.17, 15) is 19.4 Å². The summed E-state index contributed by atoms with van der Waals surface area (Å²) in [6, 6.07) is 1.42. The first-order valence-electron chi connectivity index (χ1n) is 6.40.